The zero-order valence-electron chi connectivity index (χ0n) is 9.10. The molecule has 0 saturated heterocycles. The number of aromatic nitrogens is 1. The largest absolute Gasteiger partial charge is 0.469 e. The van der Waals surface area contributed by atoms with Crippen LogP contribution in [0.1, 0.15) is 19.4 Å². The summed E-state index contributed by atoms with van der Waals surface area (Å²) in [6, 6.07) is 3.44. The molecule has 2 atom stereocenters. The zero-order valence-corrected chi connectivity index (χ0v) is 9.10. The third kappa shape index (κ3) is 2.33. The molecule has 1 heterocycles. The first kappa shape index (κ1) is 11.7. The molecule has 2 unspecified atom stereocenters. The van der Waals surface area contributed by atoms with Gasteiger partial charge in [-0.25, -0.2) is 0 Å². The van der Waals surface area contributed by atoms with E-state index in [9.17, 15) is 9.90 Å². The van der Waals surface area contributed by atoms with E-state index in [2.05, 4.69) is 9.72 Å². The molecule has 0 bridgehead atoms. The molecule has 82 valence electrons. The minimum Gasteiger partial charge on any atom is -0.469 e. The van der Waals surface area contributed by atoms with Crippen molar-refractivity contribution in [2.24, 2.45) is 5.92 Å². The maximum atomic E-state index is 11.3. The van der Waals surface area contributed by atoms with Crippen LogP contribution in [0.4, 0.5) is 0 Å². The minimum absolute atomic E-state index is 0.441. The summed E-state index contributed by atoms with van der Waals surface area (Å²) in [6.45, 7) is 3.20. The maximum Gasteiger partial charge on any atom is 0.311 e. The number of pyridine rings is 1. The molecule has 0 aliphatic carbocycles. The van der Waals surface area contributed by atoms with Crippen molar-refractivity contribution < 1.29 is 14.6 Å². The fourth-order valence-electron chi connectivity index (χ4n) is 1.32. The Kier molecular flexibility index (Phi) is 3.42. The molecule has 1 aromatic heterocycles. The standard InChI is InChI=1S/C11H15NO3/c1-8(10(13)15-3)11(2,14)9-5-4-6-12-7-9/h4-8,14H,1-3H3. The minimum atomic E-state index is -1.26. The number of methoxy groups -OCH3 is 1. The molecule has 0 saturated carbocycles. The molecule has 4 heteroatoms. The zero-order chi connectivity index (χ0) is 11.5. The van der Waals surface area contributed by atoms with Crippen LogP contribution in [-0.2, 0) is 15.1 Å². The van der Waals surface area contributed by atoms with Crippen LogP contribution in [0.3, 0.4) is 0 Å². The van der Waals surface area contributed by atoms with Gasteiger partial charge in [0, 0.05) is 18.0 Å². The highest BCUT2D eigenvalue weighted by atomic mass is 16.5. The summed E-state index contributed by atoms with van der Waals surface area (Å²) < 4.78 is 4.60. The second kappa shape index (κ2) is 4.40. The molecule has 0 aliphatic rings. The van der Waals surface area contributed by atoms with Crippen molar-refractivity contribution >= 4 is 5.97 Å². The van der Waals surface area contributed by atoms with Crippen molar-refractivity contribution in [3.63, 3.8) is 0 Å². The third-order valence-corrected chi connectivity index (χ3v) is 2.64. The van der Waals surface area contributed by atoms with Gasteiger partial charge < -0.3 is 9.84 Å². The van der Waals surface area contributed by atoms with Gasteiger partial charge in [-0.3, -0.25) is 9.78 Å². The summed E-state index contributed by atoms with van der Waals surface area (Å²) in [6.07, 6.45) is 3.15. The van der Waals surface area contributed by atoms with E-state index in [1.165, 1.54) is 7.11 Å². The molecular weight excluding hydrogens is 194 g/mol. The summed E-state index contributed by atoms with van der Waals surface area (Å²) in [4.78, 5) is 15.2. The van der Waals surface area contributed by atoms with Gasteiger partial charge in [-0.2, -0.15) is 0 Å². The van der Waals surface area contributed by atoms with Crippen LogP contribution in [0, 0.1) is 5.92 Å². The number of hydrogen-bond donors (Lipinski definition) is 1. The van der Waals surface area contributed by atoms with E-state index in [1.54, 1.807) is 38.4 Å². The van der Waals surface area contributed by atoms with E-state index in [0.717, 1.165) is 0 Å². The Balaban J connectivity index is 2.97. The Hall–Kier alpha value is -1.42. The summed E-state index contributed by atoms with van der Waals surface area (Å²) >= 11 is 0. The number of aliphatic hydroxyl groups is 1. The molecule has 1 rings (SSSR count). The van der Waals surface area contributed by atoms with Gasteiger partial charge in [0.2, 0.25) is 0 Å². The van der Waals surface area contributed by atoms with Gasteiger partial charge in [0.1, 0.15) is 5.60 Å². The first-order chi connectivity index (χ1) is 7.00. The lowest BCUT2D eigenvalue weighted by molar-refractivity contribution is -0.154. The quantitative estimate of drug-likeness (QED) is 0.757. The molecule has 0 amide bonds. The number of nitrogens with zero attached hydrogens (tertiary/aromatic N) is 1. The predicted molar refractivity (Wildman–Crippen MR) is 55.0 cm³/mol. The molecule has 0 aliphatic heterocycles. The highest BCUT2D eigenvalue weighted by Gasteiger charge is 2.36. The second-order valence-electron chi connectivity index (χ2n) is 3.63. The first-order valence-corrected chi connectivity index (χ1v) is 4.71. The molecule has 1 aromatic rings. The van der Waals surface area contributed by atoms with Crippen LogP contribution in [0.25, 0.3) is 0 Å². The summed E-state index contributed by atoms with van der Waals surface area (Å²) in [5.41, 5.74) is -0.663. The highest BCUT2D eigenvalue weighted by molar-refractivity contribution is 5.73. The average Bonchev–Trinajstić information content (AvgIpc) is 2.28. The van der Waals surface area contributed by atoms with Gasteiger partial charge in [0.15, 0.2) is 0 Å². The van der Waals surface area contributed by atoms with E-state index in [4.69, 9.17) is 0 Å². The Morgan fingerprint density at radius 3 is 2.80 bits per heavy atom. The maximum absolute atomic E-state index is 11.3. The number of carbonyl (C=O) groups excluding carboxylic acids is 1. The molecule has 1 N–H and O–H groups in total. The van der Waals surface area contributed by atoms with Gasteiger partial charge in [0.25, 0.3) is 0 Å². The molecule has 0 radical (unpaired) electrons. The monoisotopic (exact) mass is 209 g/mol. The predicted octanol–water partition coefficient (Wildman–Crippen LogP) is 1.10. The summed E-state index contributed by atoms with van der Waals surface area (Å²) in [7, 11) is 1.30. The van der Waals surface area contributed by atoms with Crippen molar-refractivity contribution in [3.8, 4) is 0 Å². The number of hydrogen-bond acceptors (Lipinski definition) is 4. The van der Waals surface area contributed by atoms with Gasteiger partial charge >= 0.3 is 5.97 Å². The van der Waals surface area contributed by atoms with Gasteiger partial charge in [-0.15, -0.1) is 0 Å². The normalized spacial score (nSPS) is 16.5. The van der Waals surface area contributed by atoms with Crippen LogP contribution in [0.15, 0.2) is 24.5 Å². The van der Waals surface area contributed by atoms with Crippen molar-refractivity contribution in [1.82, 2.24) is 4.98 Å². The Labute approximate surface area is 88.9 Å². The van der Waals surface area contributed by atoms with Crippen molar-refractivity contribution in [2.45, 2.75) is 19.4 Å². The lowest BCUT2D eigenvalue weighted by Crippen LogP contribution is -2.36. The van der Waals surface area contributed by atoms with Gasteiger partial charge in [0.05, 0.1) is 13.0 Å². The highest BCUT2D eigenvalue weighted by Crippen LogP contribution is 2.29. The van der Waals surface area contributed by atoms with Gasteiger partial charge in [-0.05, 0) is 19.9 Å². The van der Waals surface area contributed by atoms with Gasteiger partial charge in [-0.1, -0.05) is 6.07 Å². The van der Waals surface area contributed by atoms with Crippen molar-refractivity contribution in [3.05, 3.63) is 30.1 Å². The van der Waals surface area contributed by atoms with Crippen molar-refractivity contribution in [2.75, 3.05) is 7.11 Å². The lowest BCUT2D eigenvalue weighted by Gasteiger charge is -2.28. The molecular formula is C11H15NO3. The summed E-state index contributed by atoms with van der Waals surface area (Å²) in [5.74, 6) is -1.07. The molecule has 0 fully saturated rings. The SMILES string of the molecule is COC(=O)C(C)C(C)(O)c1cccnc1. The lowest BCUT2D eigenvalue weighted by atomic mass is 9.85. The Bertz CT molecular complexity index is 335. The second-order valence-corrected chi connectivity index (χ2v) is 3.63. The molecule has 15 heavy (non-hydrogen) atoms. The number of rotatable bonds is 3. The smallest absolute Gasteiger partial charge is 0.311 e. The first-order valence-electron chi connectivity index (χ1n) is 4.71. The number of carbonyl (C=O) groups is 1. The Morgan fingerprint density at radius 2 is 2.33 bits per heavy atom. The third-order valence-electron chi connectivity index (χ3n) is 2.64. The van der Waals surface area contributed by atoms with E-state index in [-0.39, 0.29) is 0 Å². The molecule has 0 spiro atoms. The Morgan fingerprint density at radius 1 is 1.67 bits per heavy atom. The van der Waals surface area contributed by atoms with Crippen LogP contribution >= 0.6 is 0 Å². The van der Waals surface area contributed by atoms with E-state index < -0.39 is 17.5 Å². The average molecular weight is 209 g/mol. The van der Waals surface area contributed by atoms with E-state index >= 15 is 0 Å². The van der Waals surface area contributed by atoms with Crippen LogP contribution < -0.4 is 0 Å². The van der Waals surface area contributed by atoms with Crippen LogP contribution in [0.5, 0.6) is 0 Å². The van der Waals surface area contributed by atoms with Crippen LogP contribution in [0.2, 0.25) is 0 Å². The molecule has 0 aromatic carbocycles. The number of ether oxygens (including phenoxy) is 1. The van der Waals surface area contributed by atoms with Crippen LogP contribution in [-0.4, -0.2) is 23.2 Å². The topological polar surface area (TPSA) is 59.4 Å². The van der Waals surface area contributed by atoms with E-state index in [0.29, 0.717) is 5.56 Å². The fourth-order valence-corrected chi connectivity index (χ4v) is 1.32. The fraction of sp³-hybridized carbons (Fsp3) is 0.455. The summed E-state index contributed by atoms with van der Waals surface area (Å²) in [5, 5.41) is 10.2. The molecule has 4 nitrogen and oxygen atoms in total. The number of esters is 1. The van der Waals surface area contributed by atoms with E-state index in [1.807, 2.05) is 0 Å². The van der Waals surface area contributed by atoms with Crippen molar-refractivity contribution in [1.29, 1.82) is 0 Å².